The molecule has 3 rings (SSSR count). The smallest absolute Gasteiger partial charge is 0.416 e. The molecule has 2 heterocycles. The summed E-state index contributed by atoms with van der Waals surface area (Å²) in [6.45, 7) is 7.15. The van der Waals surface area contributed by atoms with Crippen molar-refractivity contribution in [2.24, 2.45) is 5.92 Å². The molecule has 1 saturated carbocycles. The van der Waals surface area contributed by atoms with Crippen LogP contribution in [0.25, 0.3) is 5.65 Å². The zero-order valence-corrected chi connectivity index (χ0v) is 14.7. The molecule has 0 saturated heterocycles. The first-order valence-corrected chi connectivity index (χ1v) is 8.08. The number of carbonyl (C=O) groups excluding carboxylic acids is 2. The molecule has 128 valence electrons. The van der Waals surface area contributed by atoms with Gasteiger partial charge < -0.3 is 9.53 Å². The molecular formula is C16H19ClN4O3. The molecule has 2 atom stereocenters. The van der Waals surface area contributed by atoms with E-state index in [2.05, 4.69) is 10.1 Å². The molecule has 0 aliphatic heterocycles. The van der Waals surface area contributed by atoms with E-state index in [1.807, 2.05) is 0 Å². The van der Waals surface area contributed by atoms with E-state index in [0.717, 1.165) is 6.29 Å². The fraction of sp³-hybridized carbons (Fsp3) is 0.500. The van der Waals surface area contributed by atoms with Crippen LogP contribution < -0.4 is 4.90 Å². The van der Waals surface area contributed by atoms with Gasteiger partial charge in [-0.15, -0.1) is 0 Å². The van der Waals surface area contributed by atoms with Crippen molar-refractivity contribution in [1.82, 2.24) is 14.6 Å². The summed E-state index contributed by atoms with van der Waals surface area (Å²) in [6.07, 6.45) is 2.50. The van der Waals surface area contributed by atoms with Crippen molar-refractivity contribution in [3.05, 3.63) is 23.0 Å². The maximum Gasteiger partial charge on any atom is 0.416 e. The normalized spacial score (nSPS) is 20.0. The Hall–Kier alpha value is -2.15. The van der Waals surface area contributed by atoms with Crippen molar-refractivity contribution in [2.75, 3.05) is 4.90 Å². The van der Waals surface area contributed by atoms with Crippen LogP contribution in [-0.2, 0) is 9.53 Å². The average Bonchev–Trinajstić information content (AvgIpc) is 3.10. The Kier molecular flexibility index (Phi) is 3.99. The summed E-state index contributed by atoms with van der Waals surface area (Å²) < 4.78 is 7.08. The largest absolute Gasteiger partial charge is 0.443 e. The Balaban J connectivity index is 2.13. The molecule has 0 aromatic carbocycles. The fourth-order valence-electron chi connectivity index (χ4n) is 2.60. The predicted octanol–water partition coefficient (Wildman–Crippen LogP) is 3.02. The van der Waals surface area contributed by atoms with Crippen LogP contribution >= 0.6 is 11.6 Å². The van der Waals surface area contributed by atoms with E-state index >= 15 is 0 Å². The van der Waals surface area contributed by atoms with Crippen molar-refractivity contribution < 1.29 is 14.3 Å². The lowest BCUT2D eigenvalue weighted by atomic mass is 10.2. The van der Waals surface area contributed by atoms with Gasteiger partial charge in [-0.3, -0.25) is 4.90 Å². The third-order valence-corrected chi connectivity index (χ3v) is 4.18. The van der Waals surface area contributed by atoms with Gasteiger partial charge in [0.2, 0.25) is 0 Å². The molecule has 7 nitrogen and oxygen atoms in total. The van der Waals surface area contributed by atoms with Crippen LogP contribution in [0, 0.1) is 12.8 Å². The molecule has 1 fully saturated rings. The van der Waals surface area contributed by atoms with E-state index in [4.69, 9.17) is 16.3 Å². The van der Waals surface area contributed by atoms with Crippen molar-refractivity contribution in [3.63, 3.8) is 0 Å². The molecule has 0 N–H and O–H groups in total. The molecule has 0 radical (unpaired) electrons. The number of anilines is 1. The van der Waals surface area contributed by atoms with E-state index in [9.17, 15) is 9.59 Å². The second-order valence-corrected chi connectivity index (χ2v) is 7.26. The molecule has 2 unspecified atom stereocenters. The van der Waals surface area contributed by atoms with Crippen LogP contribution in [0.1, 0.15) is 32.8 Å². The van der Waals surface area contributed by atoms with Crippen LogP contribution in [0.15, 0.2) is 12.3 Å². The van der Waals surface area contributed by atoms with Crippen molar-refractivity contribution in [2.45, 2.75) is 45.8 Å². The first-order valence-electron chi connectivity index (χ1n) is 7.70. The number of fused-ring (bicyclic) bond motifs is 1. The monoisotopic (exact) mass is 350 g/mol. The van der Waals surface area contributed by atoms with Gasteiger partial charge >= 0.3 is 6.09 Å². The summed E-state index contributed by atoms with van der Waals surface area (Å²) in [6, 6.07) is 1.44. The van der Waals surface area contributed by atoms with Gasteiger partial charge in [0, 0.05) is 17.5 Å². The Labute approximate surface area is 144 Å². The van der Waals surface area contributed by atoms with E-state index < -0.39 is 11.7 Å². The maximum atomic E-state index is 12.8. The highest BCUT2D eigenvalue weighted by Gasteiger charge is 2.47. The number of amides is 1. The number of aldehydes is 1. The number of hydrogen-bond acceptors (Lipinski definition) is 5. The summed E-state index contributed by atoms with van der Waals surface area (Å²) in [4.78, 5) is 29.7. The predicted molar refractivity (Wildman–Crippen MR) is 89.4 cm³/mol. The summed E-state index contributed by atoms with van der Waals surface area (Å²) in [5.41, 5.74) is 0.474. The number of ether oxygens (including phenoxy) is 1. The summed E-state index contributed by atoms with van der Waals surface area (Å²) in [5, 5.41) is 4.53. The van der Waals surface area contributed by atoms with E-state index in [1.54, 1.807) is 44.5 Å². The molecule has 1 amide bonds. The maximum absolute atomic E-state index is 12.8. The number of aromatic nitrogens is 3. The van der Waals surface area contributed by atoms with Crippen LogP contribution in [0.2, 0.25) is 5.15 Å². The number of nitrogens with zero attached hydrogens (tertiary/aromatic N) is 4. The lowest BCUT2D eigenvalue weighted by Gasteiger charge is -2.28. The zero-order chi connectivity index (χ0) is 17.6. The zero-order valence-electron chi connectivity index (χ0n) is 14.0. The molecule has 0 bridgehead atoms. The highest BCUT2D eigenvalue weighted by Crippen LogP contribution is 2.40. The quantitative estimate of drug-likeness (QED) is 0.628. The van der Waals surface area contributed by atoms with Gasteiger partial charge in [-0.1, -0.05) is 11.6 Å². The van der Waals surface area contributed by atoms with E-state index in [1.165, 1.54) is 4.90 Å². The molecule has 2 aromatic heterocycles. The number of carbonyl (C=O) groups is 2. The number of rotatable bonds is 3. The molecule has 1 aliphatic carbocycles. The van der Waals surface area contributed by atoms with E-state index in [-0.39, 0.29) is 17.1 Å². The average molecular weight is 351 g/mol. The third-order valence-electron chi connectivity index (χ3n) is 3.81. The SMILES string of the molecule is Cc1c(Cl)nc2ccnn2c1N(C(=O)OC(C)(C)C)C1CC1C=O. The van der Waals surface area contributed by atoms with Gasteiger partial charge in [0.05, 0.1) is 12.2 Å². The van der Waals surface area contributed by atoms with Crippen molar-refractivity contribution in [3.8, 4) is 0 Å². The molecule has 2 aromatic rings. The molecule has 0 spiro atoms. The summed E-state index contributed by atoms with van der Waals surface area (Å²) in [5.74, 6) is 0.271. The molecular weight excluding hydrogens is 332 g/mol. The van der Waals surface area contributed by atoms with Crippen LogP contribution in [0.4, 0.5) is 10.6 Å². The van der Waals surface area contributed by atoms with Crippen LogP contribution in [-0.4, -0.2) is 38.6 Å². The number of hydrogen-bond donors (Lipinski definition) is 0. The highest BCUT2D eigenvalue weighted by atomic mass is 35.5. The first kappa shape index (κ1) is 16.7. The Morgan fingerprint density at radius 2 is 2.21 bits per heavy atom. The second kappa shape index (κ2) is 5.73. The Morgan fingerprint density at radius 3 is 2.79 bits per heavy atom. The third kappa shape index (κ3) is 2.96. The van der Waals surface area contributed by atoms with Crippen molar-refractivity contribution in [1.29, 1.82) is 0 Å². The molecule has 8 heteroatoms. The van der Waals surface area contributed by atoms with Gasteiger partial charge in [-0.25, -0.2) is 9.78 Å². The topological polar surface area (TPSA) is 76.8 Å². The Morgan fingerprint density at radius 1 is 1.50 bits per heavy atom. The summed E-state index contributed by atoms with van der Waals surface area (Å²) >= 11 is 6.23. The second-order valence-electron chi connectivity index (χ2n) is 6.91. The lowest BCUT2D eigenvalue weighted by molar-refractivity contribution is -0.108. The first-order chi connectivity index (χ1) is 11.2. The molecule has 24 heavy (non-hydrogen) atoms. The van der Waals surface area contributed by atoms with Gasteiger partial charge in [0.25, 0.3) is 0 Å². The minimum absolute atomic E-state index is 0.213. The van der Waals surface area contributed by atoms with Crippen LogP contribution in [0.3, 0.4) is 0 Å². The minimum atomic E-state index is -0.658. The lowest BCUT2D eigenvalue weighted by Crippen LogP contribution is -2.40. The van der Waals surface area contributed by atoms with Gasteiger partial charge in [0.1, 0.15) is 22.9 Å². The Bertz CT molecular complexity index is 811. The highest BCUT2D eigenvalue weighted by molar-refractivity contribution is 6.30. The number of halogens is 1. The van der Waals surface area contributed by atoms with Gasteiger partial charge in [0.15, 0.2) is 5.65 Å². The standard InChI is InChI=1S/C16H19ClN4O3/c1-9-13(17)19-12-5-6-18-21(12)14(9)20(11-7-10(11)8-22)15(23)24-16(2,3)4/h5-6,8,10-11H,7H2,1-4H3. The summed E-state index contributed by atoms with van der Waals surface area (Å²) in [7, 11) is 0. The van der Waals surface area contributed by atoms with E-state index in [0.29, 0.717) is 23.4 Å². The van der Waals surface area contributed by atoms with Crippen molar-refractivity contribution >= 4 is 35.4 Å². The van der Waals surface area contributed by atoms with Gasteiger partial charge in [-0.05, 0) is 34.1 Å². The molecule has 1 aliphatic rings. The van der Waals surface area contributed by atoms with Crippen LogP contribution in [0.5, 0.6) is 0 Å². The fourth-order valence-corrected chi connectivity index (χ4v) is 2.77. The van der Waals surface area contributed by atoms with Gasteiger partial charge in [-0.2, -0.15) is 9.61 Å². The minimum Gasteiger partial charge on any atom is -0.443 e.